The molecule has 190 valence electrons. The van der Waals surface area contributed by atoms with E-state index in [-0.39, 0.29) is 33.6 Å². The third kappa shape index (κ3) is 3.34. The van der Waals surface area contributed by atoms with Crippen LogP contribution in [0.15, 0.2) is 24.3 Å². The second-order valence-electron chi connectivity index (χ2n) is 12.1. The number of nitriles is 4. The van der Waals surface area contributed by atoms with E-state index in [0.717, 1.165) is 43.4 Å². The third-order valence-electron chi connectivity index (χ3n) is 7.49. The first kappa shape index (κ1) is 24.9. The Morgan fingerprint density at radius 3 is 0.850 bits per heavy atom. The largest absolute Gasteiger partial charge is 0.232 e. The molecule has 8 nitrogen and oxygen atoms in total. The van der Waals surface area contributed by atoms with Crippen LogP contribution in [0.1, 0.15) is 75.4 Å². The highest BCUT2D eigenvalue weighted by molar-refractivity contribution is 6.38. The first-order valence-corrected chi connectivity index (χ1v) is 12.7. The maximum absolute atomic E-state index is 9.80. The smallest absolute Gasteiger partial charge is 0.177 e. The number of nitrogens with zero attached hydrogens (tertiary/aromatic N) is 8. The van der Waals surface area contributed by atoms with Gasteiger partial charge in [-0.2, -0.15) is 21.0 Å². The van der Waals surface area contributed by atoms with Crippen molar-refractivity contribution in [2.24, 2.45) is 0 Å². The van der Waals surface area contributed by atoms with Gasteiger partial charge in [0.05, 0.1) is 22.1 Å². The molecule has 0 spiro atoms. The van der Waals surface area contributed by atoms with E-state index in [9.17, 15) is 21.0 Å². The summed E-state index contributed by atoms with van der Waals surface area (Å²) in [6.45, 7) is 12.6. The van der Waals surface area contributed by atoms with Gasteiger partial charge in [0.1, 0.15) is 24.3 Å². The van der Waals surface area contributed by atoms with Crippen LogP contribution in [0, 0.1) is 45.3 Å². The van der Waals surface area contributed by atoms with Crippen LogP contribution in [0.25, 0.3) is 54.4 Å². The van der Waals surface area contributed by atoms with Crippen molar-refractivity contribution in [2.45, 2.75) is 52.4 Å². The summed E-state index contributed by atoms with van der Waals surface area (Å²) in [6, 6.07) is 16.4. The maximum atomic E-state index is 9.80. The number of hydrogen-bond acceptors (Lipinski definition) is 8. The molecule has 0 fully saturated rings. The highest BCUT2D eigenvalue weighted by Gasteiger charge is 2.27. The SMILES string of the molecule is CC(C)(C)c1cc2c3nc(C#N)c(C#N)nc3c3cc(C(C)(C)C)cc4c5nc(C#N)c(C#N)nc5c(c1)c2c34. The fourth-order valence-corrected chi connectivity index (χ4v) is 5.37. The maximum Gasteiger partial charge on any atom is 0.177 e. The predicted molar refractivity (Wildman–Crippen MR) is 153 cm³/mol. The van der Waals surface area contributed by atoms with Crippen molar-refractivity contribution < 1.29 is 0 Å². The van der Waals surface area contributed by atoms with E-state index in [2.05, 4.69) is 65.8 Å². The zero-order valence-electron chi connectivity index (χ0n) is 22.9. The van der Waals surface area contributed by atoms with E-state index in [1.165, 1.54) is 0 Å². The van der Waals surface area contributed by atoms with Gasteiger partial charge in [0.15, 0.2) is 22.8 Å². The summed E-state index contributed by atoms with van der Waals surface area (Å²) in [4.78, 5) is 18.8. The minimum absolute atomic E-state index is 0.0340. The monoisotopic (exact) mass is 518 g/mol. The Hall–Kier alpha value is -5.44. The standard InChI is InChI=1S/C32H22N8/c1-31(2,3)15-7-17-25-18(8-15)28-30(40-24(14-36)22(12-34)38-28)20-10-16(32(4,5)6)9-19(26(20)25)29-27(17)37-21(11-33)23(13-35)39-29/h7-10H,1-6H3. The van der Waals surface area contributed by atoms with Crippen molar-refractivity contribution in [3.05, 3.63) is 58.2 Å². The van der Waals surface area contributed by atoms with Gasteiger partial charge in [-0.05, 0) is 46.2 Å². The van der Waals surface area contributed by atoms with Gasteiger partial charge in [0.2, 0.25) is 0 Å². The van der Waals surface area contributed by atoms with E-state index >= 15 is 0 Å². The summed E-state index contributed by atoms with van der Waals surface area (Å²) in [5, 5.41) is 44.0. The number of hydrogen-bond donors (Lipinski definition) is 0. The molecule has 4 aromatic carbocycles. The molecule has 0 aliphatic rings. The third-order valence-corrected chi connectivity index (χ3v) is 7.49. The number of fused-ring (bicyclic) bond motifs is 6. The van der Waals surface area contributed by atoms with Gasteiger partial charge < -0.3 is 0 Å². The first-order valence-electron chi connectivity index (χ1n) is 12.7. The van der Waals surface area contributed by atoms with Gasteiger partial charge in [-0.25, -0.2) is 19.9 Å². The summed E-state index contributed by atoms with van der Waals surface area (Å²) < 4.78 is 0. The highest BCUT2D eigenvalue weighted by Crippen LogP contribution is 2.46. The molecule has 0 saturated heterocycles. The van der Waals surface area contributed by atoms with Crippen molar-refractivity contribution in [1.82, 2.24) is 19.9 Å². The molecule has 6 rings (SSSR count). The van der Waals surface area contributed by atoms with Crippen molar-refractivity contribution in [3.63, 3.8) is 0 Å². The molecule has 0 atom stereocenters. The molecule has 0 unspecified atom stereocenters. The van der Waals surface area contributed by atoms with Crippen LogP contribution in [0.3, 0.4) is 0 Å². The van der Waals surface area contributed by atoms with Crippen molar-refractivity contribution in [1.29, 1.82) is 21.0 Å². The molecular formula is C32H22N8. The molecule has 0 radical (unpaired) electrons. The van der Waals surface area contributed by atoms with Crippen LogP contribution >= 0.6 is 0 Å². The molecule has 0 amide bonds. The quantitative estimate of drug-likeness (QED) is 0.162. The zero-order valence-corrected chi connectivity index (χ0v) is 22.9. The van der Waals surface area contributed by atoms with Gasteiger partial charge in [-0.1, -0.05) is 41.5 Å². The second kappa shape index (κ2) is 8.03. The van der Waals surface area contributed by atoms with E-state index in [0.29, 0.717) is 22.1 Å². The van der Waals surface area contributed by atoms with Crippen LogP contribution in [0.5, 0.6) is 0 Å². The molecule has 6 aromatic rings. The average molecular weight is 519 g/mol. The molecule has 2 heterocycles. The van der Waals surface area contributed by atoms with Crippen LogP contribution in [0.4, 0.5) is 0 Å². The Labute approximate surface area is 230 Å². The van der Waals surface area contributed by atoms with E-state index in [4.69, 9.17) is 19.9 Å². The summed E-state index contributed by atoms with van der Waals surface area (Å²) in [5.41, 5.74) is 3.40. The molecule has 0 aliphatic carbocycles. The van der Waals surface area contributed by atoms with Crippen molar-refractivity contribution in [3.8, 4) is 24.3 Å². The van der Waals surface area contributed by atoms with Crippen LogP contribution < -0.4 is 0 Å². The molecule has 0 bridgehead atoms. The minimum Gasteiger partial charge on any atom is -0.232 e. The average Bonchev–Trinajstić information content (AvgIpc) is 2.93. The molecule has 8 heteroatoms. The van der Waals surface area contributed by atoms with Gasteiger partial charge in [0.25, 0.3) is 0 Å². The van der Waals surface area contributed by atoms with Gasteiger partial charge >= 0.3 is 0 Å². The number of rotatable bonds is 0. The lowest BCUT2D eigenvalue weighted by Crippen LogP contribution is -2.13. The van der Waals surface area contributed by atoms with Crippen LogP contribution in [-0.4, -0.2) is 19.9 Å². The molecule has 0 N–H and O–H groups in total. The fraction of sp³-hybridized carbons (Fsp3) is 0.250. The Morgan fingerprint density at radius 2 is 0.675 bits per heavy atom. The lowest BCUT2D eigenvalue weighted by molar-refractivity contribution is 0.591. The zero-order chi connectivity index (χ0) is 28.7. The van der Waals surface area contributed by atoms with Crippen LogP contribution in [0.2, 0.25) is 0 Å². The normalized spacial score (nSPS) is 12.2. The lowest BCUT2D eigenvalue weighted by Gasteiger charge is -2.25. The molecule has 40 heavy (non-hydrogen) atoms. The van der Waals surface area contributed by atoms with E-state index in [1.807, 2.05) is 24.3 Å². The minimum atomic E-state index is -0.265. The Bertz CT molecular complexity index is 1970. The number of benzene rings is 4. The van der Waals surface area contributed by atoms with Crippen LogP contribution in [-0.2, 0) is 10.8 Å². The summed E-state index contributed by atoms with van der Waals surface area (Å²) >= 11 is 0. The molecule has 2 aromatic heterocycles. The topological polar surface area (TPSA) is 147 Å². The van der Waals surface area contributed by atoms with E-state index < -0.39 is 0 Å². The van der Waals surface area contributed by atoms with E-state index in [1.54, 1.807) is 0 Å². The van der Waals surface area contributed by atoms with Gasteiger partial charge in [-0.3, -0.25) is 0 Å². The summed E-state index contributed by atoms with van der Waals surface area (Å²) in [5.74, 6) is 0. The first-order chi connectivity index (χ1) is 18.9. The van der Waals surface area contributed by atoms with Gasteiger partial charge in [0, 0.05) is 32.3 Å². The lowest BCUT2D eigenvalue weighted by atomic mass is 9.80. The summed E-state index contributed by atoms with van der Waals surface area (Å²) in [7, 11) is 0. The Kier molecular flexibility index (Phi) is 4.99. The number of aromatic nitrogens is 4. The van der Waals surface area contributed by atoms with Crippen molar-refractivity contribution >= 4 is 54.4 Å². The highest BCUT2D eigenvalue weighted by atomic mass is 14.8. The van der Waals surface area contributed by atoms with Gasteiger partial charge in [-0.15, -0.1) is 0 Å². The second-order valence-corrected chi connectivity index (χ2v) is 12.1. The predicted octanol–water partition coefficient (Wildman–Crippen LogP) is 6.55. The molecule has 0 aliphatic heterocycles. The molecular weight excluding hydrogens is 496 g/mol. The Morgan fingerprint density at radius 1 is 0.450 bits per heavy atom. The molecule has 0 saturated carbocycles. The summed E-state index contributed by atoms with van der Waals surface area (Å²) in [6.07, 6.45) is 0. The fourth-order valence-electron chi connectivity index (χ4n) is 5.37. The van der Waals surface area contributed by atoms with Crippen molar-refractivity contribution in [2.75, 3.05) is 0 Å². The Balaban J connectivity index is 2.07.